The minimum atomic E-state index is -0.287. The lowest BCUT2D eigenvalue weighted by atomic mass is 9.91. The molecule has 2 rings (SSSR count). The summed E-state index contributed by atoms with van der Waals surface area (Å²) >= 11 is 13.1. The molecule has 0 saturated carbocycles. The van der Waals surface area contributed by atoms with E-state index >= 15 is 0 Å². The van der Waals surface area contributed by atoms with Crippen LogP contribution in [0.3, 0.4) is 0 Å². The van der Waals surface area contributed by atoms with Crippen LogP contribution in [0.4, 0.5) is 5.13 Å². The number of nitrogens with one attached hydrogen (secondary N) is 1. The van der Waals surface area contributed by atoms with Gasteiger partial charge < -0.3 is 0 Å². The van der Waals surface area contributed by atoms with Gasteiger partial charge in [0.15, 0.2) is 0 Å². The van der Waals surface area contributed by atoms with Gasteiger partial charge in [0.1, 0.15) is 5.01 Å². The van der Waals surface area contributed by atoms with E-state index in [0.717, 1.165) is 11.4 Å². The van der Waals surface area contributed by atoms with E-state index in [-0.39, 0.29) is 11.3 Å². The number of anilines is 1. The summed E-state index contributed by atoms with van der Waals surface area (Å²) in [6, 6.07) is 4.73. The van der Waals surface area contributed by atoms with Crippen LogP contribution in [0.25, 0.3) is 0 Å². The highest BCUT2D eigenvalue weighted by atomic mass is 35.5. The predicted octanol–water partition coefficient (Wildman–Crippen LogP) is 4.78. The normalized spacial score (nSPS) is 11.5. The van der Waals surface area contributed by atoms with Gasteiger partial charge in [-0.1, -0.05) is 55.3 Å². The van der Waals surface area contributed by atoms with Crippen molar-refractivity contribution in [1.82, 2.24) is 10.2 Å². The number of nitrogens with zero attached hydrogens (tertiary/aromatic N) is 2. The first-order chi connectivity index (χ1) is 9.83. The van der Waals surface area contributed by atoms with Crippen molar-refractivity contribution >= 4 is 45.6 Å². The molecule has 7 heteroatoms. The zero-order valence-corrected chi connectivity index (χ0v) is 14.2. The standard InChI is InChI=1S/C14H15Cl2N3OS/c1-4-14(2,3)12-18-19-13(21-12)17-11(20)8-5-6-9(15)10(16)7-8/h5-7H,4H2,1-3H3,(H,17,19,20). The molecule has 4 nitrogen and oxygen atoms in total. The summed E-state index contributed by atoms with van der Waals surface area (Å²) in [5.74, 6) is -0.287. The molecule has 21 heavy (non-hydrogen) atoms. The quantitative estimate of drug-likeness (QED) is 0.868. The molecule has 0 unspecified atom stereocenters. The Hall–Kier alpha value is -1.17. The number of rotatable bonds is 4. The van der Waals surface area contributed by atoms with Crippen LogP contribution in [0.2, 0.25) is 10.0 Å². The molecule has 0 aliphatic heterocycles. The molecule has 1 N–H and O–H groups in total. The summed E-state index contributed by atoms with van der Waals surface area (Å²) < 4.78 is 0. The molecule has 0 aliphatic rings. The highest BCUT2D eigenvalue weighted by Gasteiger charge is 2.23. The molecule has 0 spiro atoms. The summed E-state index contributed by atoms with van der Waals surface area (Å²) in [6.45, 7) is 6.28. The number of aromatic nitrogens is 2. The Morgan fingerprint density at radius 3 is 2.62 bits per heavy atom. The third-order valence-electron chi connectivity index (χ3n) is 3.29. The number of amides is 1. The number of hydrogen-bond donors (Lipinski definition) is 1. The summed E-state index contributed by atoms with van der Waals surface area (Å²) in [5, 5.41) is 13.0. The molecule has 112 valence electrons. The fourth-order valence-electron chi connectivity index (χ4n) is 1.51. The third kappa shape index (κ3) is 3.73. The molecule has 0 bridgehead atoms. The highest BCUT2D eigenvalue weighted by molar-refractivity contribution is 7.15. The van der Waals surface area contributed by atoms with Gasteiger partial charge in [-0.15, -0.1) is 10.2 Å². The van der Waals surface area contributed by atoms with Crippen molar-refractivity contribution in [1.29, 1.82) is 0 Å². The van der Waals surface area contributed by atoms with Crippen LogP contribution in [0, 0.1) is 0 Å². The van der Waals surface area contributed by atoms with Crippen LogP contribution in [-0.2, 0) is 5.41 Å². The first-order valence-electron chi connectivity index (χ1n) is 6.44. The van der Waals surface area contributed by atoms with Crippen LogP contribution in [-0.4, -0.2) is 16.1 Å². The molecule has 1 aromatic carbocycles. The maximum absolute atomic E-state index is 12.1. The molecular formula is C14H15Cl2N3OS. The molecule has 1 aromatic heterocycles. The van der Waals surface area contributed by atoms with Gasteiger partial charge in [-0.25, -0.2) is 0 Å². The Labute approximate surface area is 137 Å². The minimum absolute atomic E-state index is 0.0514. The van der Waals surface area contributed by atoms with E-state index in [1.807, 2.05) is 0 Å². The monoisotopic (exact) mass is 343 g/mol. The van der Waals surface area contributed by atoms with Gasteiger partial charge in [0.2, 0.25) is 5.13 Å². The van der Waals surface area contributed by atoms with Gasteiger partial charge >= 0.3 is 0 Å². The molecule has 1 heterocycles. The SMILES string of the molecule is CCC(C)(C)c1nnc(NC(=O)c2ccc(Cl)c(Cl)c2)s1. The molecule has 0 aliphatic carbocycles. The van der Waals surface area contributed by atoms with Gasteiger partial charge in [-0.3, -0.25) is 10.1 Å². The lowest BCUT2D eigenvalue weighted by Crippen LogP contribution is -2.14. The van der Waals surface area contributed by atoms with Crippen molar-refractivity contribution in [2.45, 2.75) is 32.6 Å². The van der Waals surface area contributed by atoms with Crippen molar-refractivity contribution in [3.8, 4) is 0 Å². The van der Waals surface area contributed by atoms with Crippen molar-refractivity contribution in [2.75, 3.05) is 5.32 Å². The largest absolute Gasteiger partial charge is 0.296 e. The molecule has 0 atom stereocenters. The van der Waals surface area contributed by atoms with Crippen molar-refractivity contribution in [3.05, 3.63) is 38.8 Å². The van der Waals surface area contributed by atoms with E-state index in [0.29, 0.717) is 20.7 Å². The maximum Gasteiger partial charge on any atom is 0.257 e. The summed E-state index contributed by atoms with van der Waals surface area (Å²) in [5.41, 5.74) is 0.375. The average molecular weight is 344 g/mol. The number of halogens is 2. The zero-order chi connectivity index (χ0) is 15.6. The second kappa shape index (κ2) is 6.30. The zero-order valence-electron chi connectivity index (χ0n) is 11.9. The Kier molecular flexibility index (Phi) is 4.86. The second-order valence-electron chi connectivity index (χ2n) is 5.23. The van der Waals surface area contributed by atoms with E-state index in [9.17, 15) is 4.79 Å². The smallest absolute Gasteiger partial charge is 0.257 e. The summed E-state index contributed by atoms with van der Waals surface area (Å²) in [7, 11) is 0. The van der Waals surface area contributed by atoms with Crippen molar-refractivity contribution < 1.29 is 4.79 Å². The Balaban J connectivity index is 2.15. The lowest BCUT2D eigenvalue weighted by Gasteiger charge is -2.17. The Morgan fingerprint density at radius 2 is 2.00 bits per heavy atom. The molecule has 0 fully saturated rings. The van der Waals surface area contributed by atoms with E-state index in [4.69, 9.17) is 23.2 Å². The molecule has 0 saturated heterocycles. The fraction of sp³-hybridized carbons (Fsp3) is 0.357. The van der Waals surface area contributed by atoms with Gasteiger partial charge in [-0.05, 0) is 24.6 Å². The van der Waals surface area contributed by atoms with Crippen molar-refractivity contribution in [3.63, 3.8) is 0 Å². The number of carbonyl (C=O) groups excluding carboxylic acids is 1. The number of hydrogen-bond acceptors (Lipinski definition) is 4. The van der Waals surface area contributed by atoms with Crippen molar-refractivity contribution in [2.24, 2.45) is 0 Å². The predicted molar refractivity (Wildman–Crippen MR) is 87.6 cm³/mol. The van der Waals surface area contributed by atoms with Crippen LogP contribution in [0.5, 0.6) is 0 Å². The second-order valence-corrected chi connectivity index (χ2v) is 7.02. The van der Waals surface area contributed by atoms with Crippen LogP contribution >= 0.6 is 34.5 Å². The Morgan fingerprint density at radius 1 is 1.29 bits per heavy atom. The minimum Gasteiger partial charge on any atom is -0.296 e. The van der Waals surface area contributed by atoms with Crippen LogP contribution in [0.15, 0.2) is 18.2 Å². The van der Waals surface area contributed by atoms with Crippen LogP contribution < -0.4 is 5.32 Å². The van der Waals surface area contributed by atoms with E-state index in [2.05, 4.69) is 36.3 Å². The molecular weight excluding hydrogens is 329 g/mol. The summed E-state index contributed by atoms with van der Waals surface area (Å²) in [4.78, 5) is 12.1. The average Bonchev–Trinajstić information content (AvgIpc) is 2.91. The van der Waals surface area contributed by atoms with Crippen LogP contribution in [0.1, 0.15) is 42.6 Å². The molecule has 0 radical (unpaired) electrons. The van der Waals surface area contributed by atoms with E-state index in [1.165, 1.54) is 17.4 Å². The maximum atomic E-state index is 12.1. The number of benzene rings is 1. The highest BCUT2D eigenvalue weighted by Crippen LogP contribution is 2.31. The lowest BCUT2D eigenvalue weighted by molar-refractivity contribution is 0.102. The topological polar surface area (TPSA) is 54.9 Å². The van der Waals surface area contributed by atoms with Gasteiger partial charge in [0.05, 0.1) is 10.0 Å². The number of carbonyl (C=O) groups is 1. The summed E-state index contributed by atoms with van der Waals surface area (Å²) in [6.07, 6.45) is 0.947. The third-order valence-corrected chi connectivity index (χ3v) is 5.23. The van der Waals surface area contributed by atoms with Gasteiger partial charge in [0, 0.05) is 11.0 Å². The fourth-order valence-corrected chi connectivity index (χ4v) is 2.71. The first kappa shape index (κ1) is 16.2. The van der Waals surface area contributed by atoms with Gasteiger partial charge in [0.25, 0.3) is 5.91 Å². The molecule has 1 amide bonds. The van der Waals surface area contributed by atoms with Gasteiger partial charge in [-0.2, -0.15) is 0 Å². The Bertz CT molecular complexity index is 670. The molecule has 2 aromatic rings. The van der Waals surface area contributed by atoms with E-state index in [1.54, 1.807) is 12.1 Å². The first-order valence-corrected chi connectivity index (χ1v) is 8.01. The van der Waals surface area contributed by atoms with E-state index < -0.39 is 0 Å².